The van der Waals surface area contributed by atoms with Crippen LogP contribution in [0.4, 0.5) is 13.2 Å². The Kier molecular flexibility index (Phi) is 3.54. The van der Waals surface area contributed by atoms with Crippen LogP contribution in [0.1, 0.15) is 10.4 Å². The Bertz CT molecular complexity index is 811. The fourth-order valence-electron chi connectivity index (χ4n) is 1.58. The Labute approximate surface area is 116 Å². The van der Waals surface area contributed by atoms with Crippen molar-refractivity contribution in [3.63, 3.8) is 0 Å². The molecule has 21 heavy (non-hydrogen) atoms. The van der Waals surface area contributed by atoms with Crippen molar-refractivity contribution in [1.82, 2.24) is 0 Å². The SMILES string of the molecule is O=C([O-])c1ccc2cc(OS(=O)(=O)C(F)(F)F)ccc2c1. The lowest BCUT2D eigenvalue weighted by molar-refractivity contribution is -0.255. The molecule has 0 aromatic heterocycles. The summed E-state index contributed by atoms with van der Waals surface area (Å²) in [5, 5.41) is 11.4. The Morgan fingerprint density at radius 1 is 1.05 bits per heavy atom. The van der Waals surface area contributed by atoms with E-state index in [1.807, 2.05) is 0 Å². The van der Waals surface area contributed by atoms with Crippen LogP contribution in [0.2, 0.25) is 0 Å². The van der Waals surface area contributed by atoms with E-state index in [0.29, 0.717) is 10.8 Å². The van der Waals surface area contributed by atoms with Crippen LogP contribution in [-0.4, -0.2) is 19.9 Å². The maximum atomic E-state index is 12.2. The van der Waals surface area contributed by atoms with Gasteiger partial charge in [0.1, 0.15) is 5.75 Å². The van der Waals surface area contributed by atoms with Gasteiger partial charge in [-0.3, -0.25) is 0 Å². The number of hydrogen-bond donors (Lipinski definition) is 0. The lowest BCUT2D eigenvalue weighted by Gasteiger charge is -2.10. The molecule has 2 rings (SSSR count). The van der Waals surface area contributed by atoms with Gasteiger partial charge in [-0.2, -0.15) is 21.6 Å². The molecule has 0 unspecified atom stereocenters. The molecule has 5 nitrogen and oxygen atoms in total. The van der Waals surface area contributed by atoms with Crippen LogP contribution >= 0.6 is 0 Å². The van der Waals surface area contributed by atoms with Crippen LogP contribution in [0.15, 0.2) is 36.4 Å². The fourth-order valence-corrected chi connectivity index (χ4v) is 2.03. The number of carboxylic acid groups (broad SMARTS) is 1. The second kappa shape index (κ2) is 4.92. The predicted molar refractivity (Wildman–Crippen MR) is 63.9 cm³/mol. The van der Waals surface area contributed by atoms with Gasteiger partial charge < -0.3 is 14.1 Å². The van der Waals surface area contributed by atoms with Crippen LogP contribution in [0.3, 0.4) is 0 Å². The smallest absolute Gasteiger partial charge is 0.534 e. The van der Waals surface area contributed by atoms with Gasteiger partial charge in [0.2, 0.25) is 0 Å². The van der Waals surface area contributed by atoms with E-state index in [2.05, 4.69) is 4.18 Å². The van der Waals surface area contributed by atoms with Crippen molar-refractivity contribution in [1.29, 1.82) is 0 Å². The van der Waals surface area contributed by atoms with Gasteiger partial charge in [0.15, 0.2) is 0 Å². The van der Waals surface area contributed by atoms with Crippen molar-refractivity contribution < 1.29 is 35.7 Å². The lowest BCUT2D eigenvalue weighted by atomic mass is 10.1. The first-order chi connectivity index (χ1) is 9.60. The molecule has 9 heteroatoms. The minimum Gasteiger partial charge on any atom is -0.545 e. The largest absolute Gasteiger partial charge is 0.545 e. The summed E-state index contributed by atoms with van der Waals surface area (Å²) < 4.78 is 62.3. The first-order valence-electron chi connectivity index (χ1n) is 5.36. The molecule has 0 aliphatic rings. The summed E-state index contributed by atoms with van der Waals surface area (Å²) in [7, 11) is -5.75. The Morgan fingerprint density at radius 2 is 1.62 bits per heavy atom. The number of fused-ring (bicyclic) bond motifs is 1. The molecular weight excluding hydrogens is 313 g/mol. The summed E-state index contributed by atoms with van der Waals surface area (Å²) in [6.07, 6.45) is 0. The number of carbonyl (C=O) groups is 1. The molecule has 0 radical (unpaired) electrons. The highest BCUT2D eigenvalue weighted by Crippen LogP contribution is 2.29. The van der Waals surface area contributed by atoms with Crippen LogP contribution in [0, 0.1) is 0 Å². The molecule has 112 valence electrons. The van der Waals surface area contributed by atoms with Crippen molar-refractivity contribution in [3.05, 3.63) is 42.0 Å². The van der Waals surface area contributed by atoms with Crippen molar-refractivity contribution in [3.8, 4) is 5.75 Å². The summed E-state index contributed by atoms with van der Waals surface area (Å²) >= 11 is 0. The van der Waals surface area contributed by atoms with Gasteiger partial charge in [-0.25, -0.2) is 0 Å². The molecule has 0 aliphatic heterocycles. The first-order valence-corrected chi connectivity index (χ1v) is 6.77. The van der Waals surface area contributed by atoms with Crippen LogP contribution in [0.25, 0.3) is 10.8 Å². The number of alkyl halides is 3. The number of carboxylic acids is 1. The van der Waals surface area contributed by atoms with Crippen LogP contribution in [-0.2, 0) is 10.1 Å². The van der Waals surface area contributed by atoms with Gasteiger partial charge in [0, 0.05) is 0 Å². The summed E-state index contributed by atoms with van der Waals surface area (Å²) in [5.74, 6) is -1.93. The van der Waals surface area contributed by atoms with Gasteiger partial charge >= 0.3 is 15.6 Å². The van der Waals surface area contributed by atoms with Crippen molar-refractivity contribution in [2.24, 2.45) is 0 Å². The molecule has 0 fully saturated rings. The van der Waals surface area contributed by atoms with Gasteiger partial charge in [-0.15, -0.1) is 0 Å². The van der Waals surface area contributed by atoms with Crippen molar-refractivity contribution in [2.45, 2.75) is 5.51 Å². The zero-order valence-corrected chi connectivity index (χ0v) is 10.9. The molecule has 0 aliphatic carbocycles. The monoisotopic (exact) mass is 319 g/mol. The van der Waals surface area contributed by atoms with Crippen molar-refractivity contribution >= 4 is 26.9 Å². The number of hydrogen-bond acceptors (Lipinski definition) is 5. The number of aromatic carboxylic acids is 1. The lowest BCUT2D eigenvalue weighted by Crippen LogP contribution is -2.28. The maximum absolute atomic E-state index is 12.2. The maximum Gasteiger partial charge on any atom is 0.534 e. The molecule has 2 aromatic carbocycles. The minimum absolute atomic E-state index is 0.112. The number of rotatable bonds is 3. The molecule has 0 saturated carbocycles. The summed E-state index contributed by atoms with van der Waals surface area (Å²) in [4.78, 5) is 10.7. The van der Waals surface area contributed by atoms with Crippen molar-refractivity contribution in [2.75, 3.05) is 0 Å². The Morgan fingerprint density at radius 3 is 2.19 bits per heavy atom. The molecule has 0 saturated heterocycles. The zero-order valence-electron chi connectivity index (χ0n) is 10.0. The van der Waals surface area contributed by atoms with E-state index in [4.69, 9.17) is 0 Å². The number of carbonyl (C=O) groups excluding carboxylic acids is 1. The Hall–Kier alpha value is -2.29. The predicted octanol–water partition coefficient (Wildman–Crippen LogP) is 1.43. The highest BCUT2D eigenvalue weighted by molar-refractivity contribution is 7.88. The topological polar surface area (TPSA) is 83.5 Å². The third kappa shape index (κ3) is 3.07. The molecule has 0 bridgehead atoms. The summed E-state index contributed by atoms with van der Waals surface area (Å²) in [5.41, 5.74) is -5.64. The standard InChI is InChI=1S/C12H7F3O5S/c13-12(14,15)21(18,19)20-10-4-3-7-5-9(11(16)17)2-1-8(7)6-10/h1-6H,(H,16,17)/p-1. The van der Waals surface area contributed by atoms with Crippen LogP contribution in [0.5, 0.6) is 5.75 Å². The normalized spacial score (nSPS) is 12.3. The highest BCUT2D eigenvalue weighted by Gasteiger charge is 2.48. The number of benzene rings is 2. The molecule has 0 heterocycles. The van der Waals surface area contributed by atoms with E-state index in [1.54, 1.807) is 0 Å². The fraction of sp³-hybridized carbons (Fsp3) is 0.0833. The first kappa shape index (κ1) is 15.1. The average Bonchev–Trinajstić information content (AvgIpc) is 2.36. The number of halogens is 3. The minimum atomic E-state index is -5.75. The van der Waals surface area contributed by atoms with E-state index in [1.165, 1.54) is 24.3 Å². The second-order valence-corrected chi connectivity index (χ2v) is 5.53. The molecular formula is C12H6F3O5S-. The molecule has 2 aromatic rings. The van der Waals surface area contributed by atoms with Gasteiger partial charge in [0.25, 0.3) is 0 Å². The van der Waals surface area contributed by atoms with E-state index >= 15 is 0 Å². The zero-order chi connectivity index (χ0) is 15.8. The second-order valence-electron chi connectivity index (χ2n) is 3.99. The van der Waals surface area contributed by atoms with Gasteiger partial charge in [-0.05, 0) is 34.5 Å². The third-order valence-electron chi connectivity index (χ3n) is 2.54. The third-order valence-corrected chi connectivity index (χ3v) is 3.52. The molecule has 0 atom stereocenters. The van der Waals surface area contributed by atoms with E-state index in [9.17, 15) is 31.5 Å². The quantitative estimate of drug-likeness (QED) is 0.631. The molecule has 0 spiro atoms. The van der Waals surface area contributed by atoms with Crippen LogP contribution < -0.4 is 9.29 Å². The van der Waals surface area contributed by atoms with E-state index in [-0.39, 0.29) is 5.56 Å². The summed E-state index contributed by atoms with van der Waals surface area (Å²) in [6.45, 7) is 0. The van der Waals surface area contributed by atoms with E-state index < -0.39 is 27.3 Å². The molecule has 0 N–H and O–H groups in total. The summed E-state index contributed by atoms with van der Waals surface area (Å²) in [6, 6.07) is 7.01. The van der Waals surface area contributed by atoms with E-state index in [0.717, 1.165) is 12.1 Å². The van der Waals surface area contributed by atoms with Gasteiger partial charge in [0.05, 0.1) is 5.97 Å². The van der Waals surface area contributed by atoms with Gasteiger partial charge in [-0.1, -0.05) is 18.2 Å². The Balaban J connectivity index is 2.41. The average molecular weight is 319 g/mol. The highest BCUT2D eigenvalue weighted by atomic mass is 32.2. The molecule has 0 amide bonds.